The van der Waals surface area contributed by atoms with E-state index in [1.54, 1.807) is 12.1 Å². The van der Waals surface area contributed by atoms with Crippen LogP contribution in [0.4, 0.5) is 10.2 Å². The number of hydrogen-bond donors (Lipinski definition) is 0. The summed E-state index contributed by atoms with van der Waals surface area (Å²) in [5, 5.41) is 2.22. The molecule has 0 bridgehead atoms. The molecule has 0 spiro atoms. The number of rotatable bonds is 5. The number of piperazine rings is 1. The van der Waals surface area contributed by atoms with Crippen molar-refractivity contribution in [2.24, 2.45) is 0 Å². The first kappa shape index (κ1) is 20.9. The Morgan fingerprint density at radius 2 is 1.64 bits per heavy atom. The van der Waals surface area contributed by atoms with Crippen LogP contribution in [0.2, 0.25) is 0 Å². The van der Waals surface area contributed by atoms with Crippen molar-refractivity contribution >= 4 is 22.5 Å². The Kier molecular flexibility index (Phi) is 5.85. The fourth-order valence-electron chi connectivity index (χ4n) is 3.98. The smallest absolute Gasteiger partial charge is 0.260 e. The molecule has 0 radical (unpaired) electrons. The lowest BCUT2D eigenvalue weighted by Gasteiger charge is -2.35. The molecule has 0 unspecified atom stereocenters. The van der Waals surface area contributed by atoms with Gasteiger partial charge in [0.2, 0.25) is 0 Å². The van der Waals surface area contributed by atoms with Crippen molar-refractivity contribution in [3.8, 4) is 17.0 Å². The van der Waals surface area contributed by atoms with Crippen molar-refractivity contribution in [1.82, 2.24) is 14.9 Å². The number of nitrogens with zero attached hydrogens (tertiary/aromatic N) is 4. The molecule has 1 aliphatic heterocycles. The number of amides is 1. The number of halogens is 1. The largest absolute Gasteiger partial charge is 0.484 e. The van der Waals surface area contributed by atoms with Gasteiger partial charge in [-0.25, -0.2) is 14.4 Å². The Morgan fingerprint density at radius 1 is 0.879 bits per heavy atom. The van der Waals surface area contributed by atoms with Crippen LogP contribution in [-0.2, 0) is 4.79 Å². The van der Waals surface area contributed by atoms with Gasteiger partial charge in [-0.1, -0.05) is 30.3 Å². The molecule has 166 valence electrons. The first-order chi connectivity index (χ1) is 16.2. The van der Waals surface area contributed by atoms with Crippen molar-refractivity contribution in [3.63, 3.8) is 0 Å². The fourth-order valence-corrected chi connectivity index (χ4v) is 3.98. The molecule has 2 heterocycles. The van der Waals surface area contributed by atoms with Gasteiger partial charge in [0.1, 0.15) is 23.7 Å². The minimum atomic E-state index is -0.279. The van der Waals surface area contributed by atoms with Crippen LogP contribution in [0.1, 0.15) is 0 Å². The molecular weight excluding hydrogens is 419 g/mol. The van der Waals surface area contributed by atoms with Crippen molar-refractivity contribution in [1.29, 1.82) is 0 Å². The molecule has 1 aromatic heterocycles. The van der Waals surface area contributed by atoms with Crippen LogP contribution in [0.5, 0.6) is 5.75 Å². The summed E-state index contributed by atoms with van der Waals surface area (Å²) in [7, 11) is 0. The van der Waals surface area contributed by atoms with E-state index in [4.69, 9.17) is 4.74 Å². The van der Waals surface area contributed by atoms with Gasteiger partial charge >= 0.3 is 0 Å². The van der Waals surface area contributed by atoms with Crippen molar-refractivity contribution in [3.05, 3.63) is 84.9 Å². The second-order valence-corrected chi connectivity index (χ2v) is 7.93. The zero-order chi connectivity index (χ0) is 22.6. The SMILES string of the molecule is O=C(COc1ccc2ccccc2c1)N1CCN(c2cc(-c3ccc(F)cc3)ncn2)CC1. The third-order valence-electron chi connectivity index (χ3n) is 5.83. The van der Waals surface area contributed by atoms with E-state index in [2.05, 4.69) is 14.9 Å². The van der Waals surface area contributed by atoms with Gasteiger partial charge in [-0.2, -0.15) is 0 Å². The molecule has 7 heteroatoms. The predicted octanol–water partition coefficient (Wildman–Crippen LogP) is 4.16. The summed E-state index contributed by atoms with van der Waals surface area (Å²) in [6, 6.07) is 22.0. The van der Waals surface area contributed by atoms with E-state index in [9.17, 15) is 9.18 Å². The minimum absolute atomic E-state index is 0.0144. The summed E-state index contributed by atoms with van der Waals surface area (Å²) >= 11 is 0. The number of fused-ring (bicyclic) bond motifs is 1. The lowest BCUT2D eigenvalue weighted by atomic mass is 10.1. The molecular formula is C26H23FN4O2. The highest BCUT2D eigenvalue weighted by Crippen LogP contribution is 2.23. The molecule has 0 N–H and O–H groups in total. The third-order valence-corrected chi connectivity index (χ3v) is 5.83. The number of ether oxygens (including phenoxy) is 1. The van der Waals surface area contributed by atoms with Crippen molar-refractivity contribution < 1.29 is 13.9 Å². The second kappa shape index (κ2) is 9.24. The quantitative estimate of drug-likeness (QED) is 0.465. The molecule has 0 saturated carbocycles. The summed E-state index contributed by atoms with van der Waals surface area (Å²) in [5.41, 5.74) is 1.57. The van der Waals surface area contributed by atoms with Gasteiger partial charge in [-0.05, 0) is 47.2 Å². The number of hydrogen-bond acceptors (Lipinski definition) is 5. The highest BCUT2D eigenvalue weighted by atomic mass is 19.1. The standard InChI is InChI=1S/C26H23FN4O2/c27-22-8-5-20(6-9-22)24-16-25(29-18-28-24)30-11-13-31(14-12-30)26(32)17-33-23-10-7-19-3-1-2-4-21(19)15-23/h1-10,15-16,18H,11-14,17H2. The average Bonchev–Trinajstić information content (AvgIpc) is 2.88. The summed E-state index contributed by atoms with van der Waals surface area (Å²) in [6.07, 6.45) is 1.52. The first-order valence-electron chi connectivity index (χ1n) is 10.9. The number of benzene rings is 3. The van der Waals surface area contributed by atoms with Gasteiger partial charge < -0.3 is 14.5 Å². The van der Waals surface area contributed by atoms with E-state index in [0.29, 0.717) is 31.9 Å². The summed E-state index contributed by atoms with van der Waals surface area (Å²) in [4.78, 5) is 25.3. The van der Waals surface area contributed by atoms with E-state index >= 15 is 0 Å². The highest BCUT2D eigenvalue weighted by molar-refractivity contribution is 5.84. The molecule has 1 saturated heterocycles. The fraction of sp³-hybridized carbons (Fsp3) is 0.192. The molecule has 0 atom stereocenters. The number of carbonyl (C=O) groups excluding carboxylic acids is 1. The lowest BCUT2D eigenvalue weighted by molar-refractivity contribution is -0.133. The van der Waals surface area contributed by atoms with Gasteiger partial charge in [-0.3, -0.25) is 4.79 Å². The van der Waals surface area contributed by atoms with E-state index in [0.717, 1.165) is 27.8 Å². The van der Waals surface area contributed by atoms with Crippen LogP contribution in [0.3, 0.4) is 0 Å². The molecule has 1 aliphatic rings. The van der Waals surface area contributed by atoms with Gasteiger partial charge in [-0.15, -0.1) is 0 Å². The van der Waals surface area contributed by atoms with E-state index in [1.807, 2.05) is 53.4 Å². The summed E-state index contributed by atoms with van der Waals surface area (Å²) in [6.45, 7) is 2.54. The lowest BCUT2D eigenvalue weighted by Crippen LogP contribution is -2.50. The first-order valence-corrected chi connectivity index (χ1v) is 10.9. The molecule has 3 aromatic carbocycles. The number of aromatic nitrogens is 2. The normalized spacial score (nSPS) is 13.8. The minimum Gasteiger partial charge on any atom is -0.484 e. The predicted molar refractivity (Wildman–Crippen MR) is 126 cm³/mol. The zero-order valence-electron chi connectivity index (χ0n) is 18.0. The highest BCUT2D eigenvalue weighted by Gasteiger charge is 2.22. The Hall–Kier alpha value is -4.00. The maximum absolute atomic E-state index is 13.2. The van der Waals surface area contributed by atoms with Crippen molar-refractivity contribution in [2.75, 3.05) is 37.7 Å². The number of carbonyl (C=O) groups is 1. The van der Waals surface area contributed by atoms with Crippen LogP contribution in [0.15, 0.2) is 79.1 Å². The van der Waals surface area contributed by atoms with Crippen LogP contribution in [0, 0.1) is 5.82 Å². The van der Waals surface area contributed by atoms with Gasteiger partial charge in [0, 0.05) is 37.8 Å². The molecule has 1 amide bonds. The Morgan fingerprint density at radius 3 is 2.42 bits per heavy atom. The van der Waals surface area contributed by atoms with Crippen LogP contribution in [-0.4, -0.2) is 53.6 Å². The van der Waals surface area contributed by atoms with Gasteiger partial charge in [0.15, 0.2) is 6.61 Å². The Labute approximate surface area is 191 Å². The topological polar surface area (TPSA) is 58.6 Å². The Bertz CT molecular complexity index is 1270. The average molecular weight is 442 g/mol. The van der Waals surface area contributed by atoms with Gasteiger partial charge in [0.25, 0.3) is 5.91 Å². The molecule has 0 aliphatic carbocycles. The Balaban J connectivity index is 1.17. The van der Waals surface area contributed by atoms with Crippen LogP contribution >= 0.6 is 0 Å². The maximum Gasteiger partial charge on any atom is 0.260 e. The molecule has 1 fully saturated rings. The van der Waals surface area contributed by atoms with Crippen molar-refractivity contribution in [2.45, 2.75) is 0 Å². The van der Waals surface area contributed by atoms with E-state index in [-0.39, 0.29) is 18.3 Å². The molecule has 33 heavy (non-hydrogen) atoms. The zero-order valence-corrected chi connectivity index (χ0v) is 18.0. The summed E-state index contributed by atoms with van der Waals surface area (Å²) < 4.78 is 19.0. The molecule has 5 rings (SSSR count). The van der Waals surface area contributed by atoms with Gasteiger partial charge in [0.05, 0.1) is 5.69 Å². The third kappa shape index (κ3) is 4.77. The van der Waals surface area contributed by atoms with E-state index in [1.165, 1.54) is 18.5 Å². The monoisotopic (exact) mass is 442 g/mol. The van der Waals surface area contributed by atoms with Crippen LogP contribution < -0.4 is 9.64 Å². The van der Waals surface area contributed by atoms with Crippen LogP contribution in [0.25, 0.3) is 22.0 Å². The second-order valence-electron chi connectivity index (χ2n) is 7.93. The summed E-state index contributed by atoms with van der Waals surface area (Å²) in [5.74, 6) is 1.18. The molecule has 6 nitrogen and oxygen atoms in total. The van der Waals surface area contributed by atoms with E-state index < -0.39 is 0 Å². The number of anilines is 1. The maximum atomic E-state index is 13.2. The molecule has 4 aromatic rings.